The van der Waals surface area contributed by atoms with Crippen LogP contribution in [0.15, 0.2) is 73.2 Å². The molecule has 0 saturated carbocycles. The predicted octanol–water partition coefficient (Wildman–Crippen LogP) is 4.31. The van der Waals surface area contributed by atoms with E-state index in [1.165, 1.54) is 6.33 Å². The third kappa shape index (κ3) is 6.08. The number of ketones is 1. The van der Waals surface area contributed by atoms with E-state index in [1.807, 2.05) is 72.5 Å². The minimum absolute atomic E-state index is 0.0603. The summed E-state index contributed by atoms with van der Waals surface area (Å²) in [6.45, 7) is 3.43. The molecule has 2 aliphatic heterocycles. The number of ether oxygens (including phenoxy) is 2. The third-order valence-corrected chi connectivity index (χ3v) is 7.81. The fourth-order valence-corrected chi connectivity index (χ4v) is 5.57. The number of para-hydroxylation sites is 1. The number of piperidine rings is 1. The summed E-state index contributed by atoms with van der Waals surface area (Å²) in [6.07, 6.45) is 7.94. The number of likely N-dealkylation sites (N-methyl/N-ethyl adjacent to an activating group) is 1. The quantitative estimate of drug-likeness (QED) is 0.303. The van der Waals surface area contributed by atoms with Crippen molar-refractivity contribution in [2.45, 2.75) is 31.3 Å². The zero-order valence-electron chi connectivity index (χ0n) is 23.2. The Labute approximate surface area is 239 Å². The van der Waals surface area contributed by atoms with Crippen LogP contribution in [0.1, 0.15) is 25.3 Å². The topological polar surface area (TPSA) is 112 Å². The second-order valence-corrected chi connectivity index (χ2v) is 10.7. The average Bonchev–Trinajstić information content (AvgIpc) is 3.67. The van der Waals surface area contributed by atoms with E-state index in [0.717, 1.165) is 60.6 Å². The first kappa shape index (κ1) is 26.9. The lowest BCUT2D eigenvalue weighted by atomic mass is 10.1. The van der Waals surface area contributed by atoms with E-state index in [4.69, 9.17) is 20.3 Å². The second-order valence-electron chi connectivity index (χ2n) is 10.7. The number of carbonyl (C=O) groups is 1. The molecule has 2 aromatic heterocycles. The van der Waals surface area contributed by atoms with E-state index in [9.17, 15) is 4.79 Å². The third-order valence-electron chi connectivity index (χ3n) is 7.81. The molecule has 2 aromatic carbocycles. The molecule has 2 N–H and O–H groups in total. The van der Waals surface area contributed by atoms with Gasteiger partial charge < -0.3 is 20.1 Å². The molecule has 0 aliphatic carbocycles. The normalized spacial score (nSPS) is 19.6. The van der Waals surface area contributed by atoms with Gasteiger partial charge in [0.15, 0.2) is 11.4 Å². The van der Waals surface area contributed by atoms with Crippen molar-refractivity contribution in [3.63, 3.8) is 0 Å². The average molecular weight is 554 g/mol. The zero-order valence-corrected chi connectivity index (χ0v) is 23.2. The van der Waals surface area contributed by atoms with Gasteiger partial charge in [-0.2, -0.15) is 5.10 Å². The Balaban J connectivity index is 1.19. The Hall–Kier alpha value is -4.28. The lowest BCUT2D eigenvalue weighted by molar-refractivity contribution is -0.116. The number of anilines is 1. The second kappa shape index (κ2) is 12.1. The maximum absolute atomic E-state index is 12.8. The summed E-state index contributed by atoms with van der Waals surface area (Å²) < 4.78 is 13.4. The number of hydrogen-bond acceptors (Lipinski definition) is 9. The number of nitrogens with zero attached hydrogens (tertiary/aromatic N) is 6. The molecule has 2 saturated heterocycles. The number of likely N-dealkylation sites (tertiary alicyclic amines) is 1. The van der Waals surface area contributed by atoms with Crippen LogP contribution in [0.4, 0.5) is 5.82 Å². The van der Waals surface area contributed by atoms with Gasteiger partial charge in [-0.25, -0.2) is 14.6 Å². The highest BCUT2D eigenvalue weighted by molar-refractivity contribution is 5.98. The first-order valence-electron chi connectivity index (χ1n) is 14.1. The van der Waals surface area contributed by atoms with Gasteiger partial charge in [0.25, 0.3) is 0 Å². The standard InChI is InChI=1S/C31H35N7O3/c1-36(24-14-17-40-20-24)16-13-25(39)19-37-15-5-6-23(18-37)38-31-28(30(32)33-21-34-31)29(35-38)22-9-11-27(12-10-22)41-26-7-3-2-4-8-26/h2-4,7-13,16,21,23-24H,5-6,14-15,17-20H2,1H3,(H2,32,33,34)/b16-13+/t23-,24-/m1/s1. The molecule has 0 amide bonds. The van der Waals surface area contributed by atoms with Crippen molar-refractivity contribution in [3.8, 4) is 22.8 Å². The minimum atomic E-state index is 0.0603. The van der Waals surface area contributed by atoms with E-state index in [1.54, 1.807) is 6.08 Å². The molecule has 212 valence electrons. The molecular formula is C31H35N7O3. The van der Waals surface area contributed by atoms with Gasteiger partial charge in [-0.3, -0.25) is 9.69 Å². The Morgan fingerprint density at radius 2 is 1.93 bits per heavy atom. The Morgan fingerprint density at radius 1 is 1.12 bits per heavy atom. The van der Waals surface area contributed by atoms with Crippen LogP contribution in [0.3, 0.4) is 0 Å². The highest BCUT2D eigenvalue weighted by Crippen LogP contribution is 2.34. The van der Waals surface area contributed by atoms with Crippen molar-refractivity contribution >= 4 is 22.6 Å². The summed E-state index contributed by atoms with van der Waals surface area (Å²) >= 11 is 0. The Kier molecular flexibility index (Phi) is 7.93. The van der Waals surface area contributed by atoms with Gasteiger partial charge in [0.05, 0.1) is 30.6 Å². The number of fused-ring (bicyclic) bond motifs is 1. The molecule has 2 aliphatic rings. The van der Waals surface area contributed by atoms with Crippen molar-refractivity contribution in [3.05, 3.63) is 73.2 Å². The number of nitrogens with two attached hydrogens (primary N) is 1. The van der Waals surface area contributed by atoms with Gasteiger partial charge in [0.2, 0.25) is 0 Å². The van der Waals surface area contributed by atoms with Crippen LogP contribution in [0.2, 0.25) is 0 Å². The summed E-state index contributed by atoms with van der Waals surface area (Å²) in [5.41, 5.74) is 8.70. The van der Waals surface area contributed by atoms with Gasteiger partial charge >= 0.3 is 0 Å². The summed E-state index contributed by atoms with van der Waals surface area (Å²) in [4.78, 5) is 25.9. The highest BCUT2D eigenvalue weighted by atomic mass is 16.5. The monoisotopic (exact) mass is 553 g/mol. The van der Waals surface area contributed by atoms with Crippen LogP contribution < -0.4 is 10.5 Å². The van der Waals surface area contributed by atoms with E-state index in [2.05, 4.69) is 19.8 Å². The van der Waals surface area contributed by atoms with Gasteiger partial charge in [-0.1, -0.05) is 18.2 Å². The minimum Gasteiger partial charge on any atom is -0.457 e. The molecule has 0 spiro atoms. The van der Waals surface area contributed by atoms with Gasteiger partial charge in [0.1, 0.15) is 29.3 Å². The molecule has 4 aromatic rings. The molecule has 10 heteroatoms. The summed E-state index contributed by atoms with van der Waals surface area (Å²) in [5.74, 6) is 1.99. The van der Waals surface area contributed by atoms with Crippen LogP contribution in [-0.4, -0.2) is 81.3 Å². The number of hydrogen-bond donors (Lipinski definition) is 1. The summed E-state index contributed by atoms with van der Waals surface area (Å²) in [7, 11) is 2.00. The van der Waals surface area contributed by atoms with Gasteiger partial charge in [-0.05, 0) is 68.3 Å². The number of carbonyl (C=O) groups excluding carboxylic acids is 1. The fourth-order valence-electron chi connectivity index (χ4n) is 5.57. The van der Waals surface area contributed by atoms with Crippen molar-refractivity contribution < 1.29 is 14.3 Å². The fraction of sp³-hybridized carbons (Fsp3) is 0.355. The molecule has 10 nitrogen and oxygen atoms in total. The SMILES string of the molecule is CN(/C=C/C(=O)CN1CCC[C@@H](n2nc(-c3ccc(Oc4ccccc4)cc3)c3c(N)ncnc32)C1)[C@@H]1CCOC1. The molecular weight excluding hydrogens is 518 g/mol. The van der Waals surface area contributed by atoms with E-state index >= 15 is 0 Å². The maximum atomic E-state index is 12.8. The zero-order chi connectivity index (χ0) is 28.2. The molecule has 0 bridgehead atoms. The van der Waals surface area contributed by atoms with Gasteiger partial charge in [0, 0.05) is 32.0 Å². The van der Waals surface area contributed by atoms with E-state index in [0.29, 0.717) is 37.2 Å². The highest BCUT2D eigenvalue weighted by Gasteiger charge is 2.27. The number of nitrogen functional groups attached to an aromatic ring is 1. The Bertz CT molecular complexity index is 1510. The van der Waals surface area contributed by atoms with Crippen molar-refractivity contribution in [2.24, 2.45) is 0 Å². The molecule has 2 atom stereocenters. The Morgan fingerprint density at radius 3 is 2.71 bits per heavy atom. The molecule has 0 unspecified atom stereocenters. The van der Waals surface area contributed by atoms with E-state index < -0.39 is 0 Å². The van der Waals surface area contributed by atoms with Crippen molar-refractivity contribution in [2.75, 3.05) is 45.6 Å². The van der Waals surface area contributed by atoms with Crippen molar-refractivity contribution in [1.82, 2.24) is 29.5 Å². The number of benzene rings is 2. The first-order valence-corrected chi connectivity index (χ1v) is 14.1. The van der Waals surface area contributed by atoms with Crippen LogP contribution in [0.5, 0.6) is 11.5 Å². The van der Waals surface area contributed by atoms with Crippen LogP contribution >= 0.6 is 0 Å². The summed E-state index contributed by atoms with van der Waals surface area (Å²) in [6, 6.07) is 17.9. The van der Waals surface area contributed by atoms with Crippen LogP contribution in [0.25, 0.3) is 22.3 Å². The largest absolute Gasteiger partial charge is 0.457 e. The van der Waals surface area contributed by atoms with Gasteiger partial charge in [-0.15, -0.1) is 0 Å². The number of rotatable bonds is 9. The van der Waals surface area contributed by atoms with E-state index in [-0.39, 0.29) is 11.8 Å². The van der Waals surface area contributed by atoms with Crippen molar-refractivity contribution in [1.29, 1.82) is 0 Å². The summed E-state index contributed by atoms with van der Waals surface area (Å²) in [5, 5.41) is 5.76. The molecule has 0 radical (unpaired) electrons. The molecule has 2 fully saturated rings. The lowest BCUT2D eigenvalue weighted by Gasteiger charge is -2.32. The maximum Gasteiger partial charge on any atom is 0.171 e. The van der Waals surface area contributed by atoms with Crippen LogP contribution in [-0.2, 0) is 9.53 Å². The molecule has 41 heavy (non-hydrogen) atoms. The molecule has 6 rings (SSSR count). The molecule has 4 heterocycles. The van der Waals surface area contributed by atoms with Crippen LogP contribution in [0, 0.1) is 0 Å². The smallest absolute Gasteiger partial charge is 0.171 e. The predicted molar refractivity (Wildman–Crippen MR) is 158 cm³/mol. The lowest BCUT2D eigenvalue weighted by Crippen LogP contribution is -2.39. The first-order chi connectivity index (χ1) is 20.0. The number of aromatic nitrogens is 4.